The van der Waals surface area contributed by atoms with Crippen molar-refractivity contribution in [2.75, 3.05) is 11.1 Å². The lowest BCUT2D eigenvalue weighted by atomic mass is 10.0. The lowest BCUT2D eigenvalue weighted by Crippen LogP contribution is -2.14. The maximum atomic E-state index is 13.7. The van der Waals surface area contributed by atoms with Crippen LogP contribution in [0.3, 0.4) is 0 Å². The number of fused-ring (bicyclic) bond motifs is 2. The molecule has 5 aromatic rings. The van der Waals surface area contributed by atoms with E-state index in [-0.39, 0.29) is 17.5 Å². The summed E-state index contributed by atoms with van der Waals surface area (Å²) in [7, 11) is 0. The second kappa shape index (κ2) is 8.43. The van der Waals surface area contributed by atoms with Gasteiger partial charge in [0.25, 0.3) is 0 Å². The largest absolute Gasteiger partial charge is 0.325 e. The average molecular weight is 443 g/mol. The molecule has 5 rings (SSSR count). The maximum absolute atomic E-state index is 13.7. The molecule has 5 nitrogen and oxygen atoms in total. The molecule has 2 aromatic heterocycles. The van der Waals surface area contributed by atoms with Crippen molar-refractivity contribution in [2.24, 2.45) is 0 Å². The van der Waals surface area contributed by atoms with E-state index in [0.29, 0.717) is 16.3 Å². The average Bonchev–Trinajstić information content (AvgIpc) is 3.24. The van der Waals surface area contributed by atoms with Crippen LogP contribution in [-0.2, 0) is 4.79 Å². The normalized spacial score (nSPS) is 11.2. The third-order valence-corrected chi connectivity index (χ3v) is 6.21. The van der Waals surface area contributed by atoms with Gasteiger partial charge in [0, 0.05) is 23.6 Å². The molecule has 32 heavy (non-hydrogen) atoms. The first-order chi connectivity index (χ1) is 15.6. The Kier molecular flexibility index (Phi) is 5.33. The van der Waals surface area contributed by atoms with Gasteiger partial charge in [0.1, 0.15) is 10.8 Å². The van der Waals surface area contributed by atoms with Crippen LogP contribution in [0.25, 0.3) is 27.5 Å². The van der Waals surface area contributed by atoms with Crippen LogP contribution in [0.15, 0.2) is 84.1 Å². The van der Waals surface area contributed by atoms with Gasteiger partial charge in [0.2, 0.25) is 5.91 Å². The van der Waals surface area contributed by atoms with Gasteiger partial charge in [0.05, 0.1) is 17.0 Å². The zero-order valence-corrected chi connectivity index (χ0v) is 18.1. The molecule has 7 heteroatoms. The summed E-state index contributed by atoms with van der Waals surface area (Å²) in [6.45, 7) is 1.68. The quantitative estimate of drug-likeness (QED) is 0.353. The van der Waals surface area contributed by atoms with E-state index >= 15 is 0 Å². The fourth-order valence-corrected chi connectivity index (χ4v) is 4.37. The minimum Gasteiger partial charge on any atom is -0.325 e. The summed E-state index contributed by atoms with van der Waals surface area (Å²) < 4.78 is 15.5. The van der Waals surface area contributed by atoms with Crippen molar-refractivity contribution in [3.05, 3.63) is 90.5 Å². The summed E-state index contributed by atoms with van der Waals surface area (Å²) in [5, 5.41) is 10.4. The van der Waals surface area contributed by atoms with Gasteiger partial charge in [-0.05, 0) is 41.5 Å². The molecule has 0 aliphatic carbocycles. The Morgan fingerprint density at radius 1 is 1.09 bits per heavy atom. The van der Waals surface area contributed by atoms with E-state index in [1.54, 1.807) is 36.0 Å². The first-order valence-electron chi connectivity index (χ1n) is 10.1. The second-order valence-electron chi connectivity index (χ2n) is 7.42. The minimum absolute atomic E-state index is 0.150. The molecule has 0 fully saturated rings. The van der Waals surface area contributed by atoms with Gasteiger partial charge in [-0.25, -0.2) is 13.9 Å². The molecular weight excluding hydrogens is 423 g/mol. The first-order valence-corrected chi connectivity index (χ1v) is 11.1. The number of halogens is 1. The summed E-state index contributed by atoms with van der Waals surface area (Å²) in [5.41, 5.74) is 3.69. The predicted molar refractivity (Wildman–Crippen MR) is 126 cm³/mol. The minimum atomic E-state index is -0.345. The molecule has 0 saturated carbocycles. The number of nitrogens with one attached hydrogen (secondary N) is 1. The Balaban J connectivity index is 1.39. The molecule has 3 aromatic carbocycles. The molecule has 0 bridgehead atoms. The van der Waals surface area contributed by atoms with Crippen molar-refractivity contribution in [3.63, 3.8) is 0 Å². The molecule has 1 N–H and O–H groups in total. The third-order valence-electron chi connectivity index (χ3n) is 5.22. The number of aromatic nitrogens is 3. The highest BCUT2D eigenvalue weighted by Crippen LogP contribution is 2.30. The van der Waals surface area contributed by atoms with E-state index in [4.69, 9.17) is 5.10 Å². The van der Waals surface area contributed by atoms with Crippen molar-refractivity contribution >= 4 is 39.6 Å². The van der Waals surface area contributed by atoms with Gasteiger partial charge in [-0.15, -0.1) is 0 Å². The monoisotopic (exact) mass is 442 g/mol. The number of benzene rings is 3. The van der Waals surface area contributed by atoms with Crippen molar-refractivity contribution < 1.29 is 9.18 Å². The number of nitrogens with zero attached hydrogens (tertiary/aromatic N) is 3. The summed E-state index contributed by atoms with van der Waals surface area (Å²) >= 11 is 1.32. The van der Waals surface area contributed by atoms with Crippen LogP contribution in [0.2, 0.25) is 0 Å². The SMILES string of the molecule is Cc1ccc(NC(=O)CSc2nccn3nc(-c4cccc5ccccc45)cc23)cc1F. The smallest absolute Gasteiger partial charge is 0.234 e. The number of rotatable bonds is 5. The van der Waals surface area contributed by atoms with Crippen LogP contribution in [0.1, 0.15) is 5.56 Å². The van der Waals surface area contributed by atoms with Crippen LogP contribution < -0.4 is 5.32 Å². The summed E-state index contributed by atoms with van der Waals surface area (Å²) in [5.74, 6) is -0.422. The predicted octanol–water partition coefficient (Wildman–Crippen LogP) is 5.73. The zero-order valence-electron chi connectivity index (χ0n) is 17.2. The Hall–Kier alpha value is -3.71. The fraction of sp³-hybridized carbons (Fsp3) is 0.0800. The highest BCUT2D eigenvalue weighted by Gasteiger charge is 2.13. The number of aryl methyl sites for hydroxylation is 1. The van der Waals surface area contributed by atoms with Gasteiger partial charge in [-0.2, -0.15) is 5.10 Å². The summed E-state index contributed by atoms with van der Waals surface area (Å²) in [4.78, 5) is 16.8. The molecule has 1 amide bonds. The number of thioether (sulfide) groups is 1. The van der Waals surface area contributed by atoms with Crippen molar-refractivity contribution in [2.45, 2.75) is 11.9 Å². The molecule has 0 atom stereocenters. The Morgan fingerprint density at radius 3 is 2.81 bits per heavy atom. The molecule has 0 saturated heterocycles. The van der Waals surface area contributed by atoms with E-state index in [1.165, 1.54) is 17.8 Å². The van der Waals surface area contributed by atoms with Crippen molar-refractivity contribution in [3.8, 4) is 11.3 Å². The molecule has 0 unspecified atom stereocenters. The van der Waals surface area contributed by atoms with E-state index < -0.39 is 0 Å². The van der Waals surface area contributed by atoms with Crippen LogP contribution in [0, 0.1) is 12.7 Å². The molecule has 0 aliphatic rings. The van der Waals surface area contributed by atoms with Gasteiger partial charge in [-0.1, -0.05) is 60.3 Å². The summed E-state index contributed by atoms with van der Waals surface area (Å²) in [6, 6.07) is 21.0. The molecular formula is C25H19FN4OS. The Labute approximate surface area is 188 Å². The van der Waals surface area contributed by atoms with Gasteiger partial charge in [0.15, 0.2) is 0 Å². The maximum Gasteiger partial charge on any atom is 0.234 e. The number of hydrogen-bond donors (Lipinski definition) is 1. The Morgan fingerprint density at radius 2 is 1.94 bits per heavy atom. The van der Waals surface area contributed by atoms with Gasteiger partial charge >= 0.3 is 0 Å². The molecule has 0 spiro atoms. The number of hydrogen-bond acceptors (Lipinski definition) is 4. The van der Waals surface area contributed by atoms with Crippen molar-refractivity contribution in [1.29, 1.82) is 0 Å². The zero-order chi connectivity index (χ0) is 22.1. The number of anilines is 1. The van der Waals surface area contributed by atoms with Gasteiger partial charge < -0.3 is 5.32 Å². The molecule has 158 valence electrons. The van der Waals surface area contributed by atoms with Crippen LogP contribution in [-0.4, -0.2) is 26.3 Å². The van der Waals surface area contributed by atoms with Crippen molar-refractivity contribution in [1.82, 2.24) is 14.6 Å². The standard InChI is InChI=1S/C25H19FN4OS/c1-16-9-10-18(13-21(16)26)28-24(31)15-32-25-23-14-22(29-30(23)12-11-27-25)20-8-4-6-17-5-2-3-7-19(17)20/h2-14H,15H2,1H3,(H,28,31). The van der Waals surface area contributed by atoms with E-state index in [1.807, 2.05) is 24.3 Å². The topological polar surface area (TPSA) is 59.3 Å². The highest BCUT2D eigenvalue weighted by molar-refractivity contribution is 8.00. The number of carbonyl (C=O) groups excluding carboxylic acids is 1. The van der Waals surface area contributed by atoms with Crippen LogP contribution in [0.4, 0.5) is 10.1 Å². The Bertz CT molecular complexity index is 1460. The van der Waals surface area contributed by atoms with Gasteiger partial charge in [-0.3, -0.25) is 4.79 Å². The fourth-order valence-electron chi connectivity index (χ4n) is 3.59. The second-order valence-corrected chi connectivity index (χ2v) is 8.38. The molecule has 0 radical (unpaired) electrons. The van der Waals surface area contributed by atoms with Crippen LogP contribution in [0.5, 0.6) is 0 Å². The first kappa shape index (κ1) is 20.2. The number of carbonyl (C=O) groups is 1. The van der Waals surface area contributed by atoms with E-state index in [9.17, 15) is 9.18 Å². The van der Waals surface area contributed by atoms with E-state index in [0.717, 1.165) is 27.5 Å². The molecule has 2 heterocycles. The lowest BCUT2D eigenvalue weighted by Gasteiger charge is -2.06. The summed E-state index contributed by atoms with van der Waals surface area (Å²) in [6.07, 6.45) is 3.46. The molecule has 0 aliphatic heterocycles. The lowest BCUT2D eigenvalue weighted by molar-refractivity contribution is -0.113. The number of amides is 1. The highest BCUT2D eigenvalue weighted by atomic mass is 32.2. The van der Waals surface area contributed by atoms with Crippen LogP contribution >= 0.6 is 11.8 Å². The third kappa shape index (κ3) is 3.94. The van der Waals surface area contributed by atoms with E-state index in [2.05, 4.69) is 34.6 Å².